The van der Waals surface area contributed by atoms with Gasteiger partial charge in [0.15, 0.2) is 0 Å². The second-order valence-electron chi connectivity index (χ2n) is 5.55. The second kappa shape index (κ2) is 8.15. The Morgan fingerprint density at radius 3 is 2.68 bits per heavy atom. The van der Waals surface area contributed by atoms with Gasteiger partial charge in [0.05, 0.1) is 6.54 Å². The van der Waals surface area contributed by atoms with E-state index in [1.54, 1.807) is 4.90 Å². The first-order valence-electron chi connectivity index (χ1n) is 7.30. The van der Waals surface area contributed by atoms with Gasteiger partial charge in [-0.1, -0.05) is 0 Å². The van der Waals surface area contributed by atoms with E-state index in [0.717, 1.165) is 25.9 Å². The molecule has 110 valence electrons. The molecule has 2 N–H and O–H groups in total. The quantitative estimate of drug-likeness (QED) is 0.748. The van der Waals surface area contributed by atoms with Crippen molar-refractivity contribution >= 4 is 11.8 Å². The van der Waals surface area contributed by atoms with Gasteiger partial charge in [-0.3, -0.25) is 9.59 Å². The summed E-state index contributed by atoms with van der Waals surface area (Å²) in [7, 11) is 0. The fraction of sp³-hybridized carbons (Fsp3) is 0.857. The van der Waals surface area contributed by atoms with Crippen LogP contribution in [0.3, 0.4) is 0 Å². The summed E-state index contributed by atoms with van der Waals surface area (Å²) in [5.74, 6) is 0.436. The second-order valence-corrected chi connectivity index (χ2v) is 5.55. The average molecular weight is 269 g/mol. The van der Waals surface area contributed by atoms with Gasteiger partial charge in [-0.15, -0.1) is 0 Å². The van der Waals surface area contributed by atoms with Gasteiger partial charge < -0.3 is 15.5 Å². The Hall–Kier alpha value is -1.10. The Kier molecular flexibility index (Phi) is 6.84. The van der Waals surface area contributed by atoms with Crippen LogP contribution >= 0.6 is 0 Å². The smallest absolute Gasteiger partial charge is 0.239 e. The number of hydrogen-bond acceptors (Lipinski definition) is 3. The highest BCUT2D eigenvalue weighted by Gasteiger charge is 2.21. The van der Waals surface area contributed by atoms with E-state index in [2.05, 4.69) is 10.6 Å². The van der Waals surface area contributed by atoms with Crippen molar-refractivity contribution in [3.05, 3.63) is 0 Å². The molecule has 5 nitrogen and oxygen atoms in total. The molecule has 1 fully saturated rings. The van der Waals surface area contributed by atoms with Gasteiger partial charge in [-0.2, -0.15) is 0 Å². The van der Waals surface area contributed by atoms with Gasteiger partial charge in [-0.05, 0) is 52.6 Å². The maximum absolute atomic E-state index is 12.2. The molecule has 1 rings (SSSR count). The Balaban J connectivity index is 2.39. The van der Waals surface area contributed by atoms with Crippen LogP contribution in [0.5, 0.6) is 0 Å². The third-order valence-electron chi connectivity index (χ3n) is 3.38. The molecule has 1 unspecified atom stereocenters. The lowest BCUT2D eigenvalue weighted by atomic mass is 9.95. The molecule has 0 radical (unpaired) electrons. The van der Waals surface area contributed by atoms with E-state index in [0.29, 0.717) is 18.9 Å². The van der Waals surface area contributed by atoms with Crippen LogP contribution < -0.4 is 10.6 Å². The summed E-state index contributed by atoms with van der Waals surface area (Å²) in [6.07, 6.45) is 2.79. The van der Waals surface area contributed by atoms with Crippen molar-refractivity contribution in [2.24, 2.45) is 5.92 Å². The van der Waals surface area contributed by atoms with Crippen molar-refractivity contribution in [2.45, 2.75) is 46.1 Å². The highest BCUT2D eigenvalue weighted by molar-refractivity contribution is 5.85. The van der Waals surface area contributed by atoms with Crippen molar-refractivity contribution in [3.8, 4) is 0 Å². The van der Waals surface area contributed by atoms with Crippen molar-refractivity contribution in [1.29, 1.82) is 0 Å². The van der Waals surface area contributed by atoms with Crippen LogP contribution in [0.15, 0.2) is 0 Å². The monoisotopic (exact) mass is 269 g/mol. The van der Waals surface area contributed by atoms with Crippen LogP contribution in [-0.4, -0.2) is 48.9 Å². The zero-order valence-corrected chi connectivity index (χ0v) is 12.4. The Morgan fingerprint density at radius 1 is 1.42 bits per heavy atom. The fourth-order valence-electron chi connectivity index (χ4n) is 2.39. The number of rotatable bonds is 6. The van der Waals surface area contributed by atoms with Crippen molar-refractivity contribution in [3.63, 3.8) is 0 Å². The number of nitrogens with one attached hydrogen (secondary N) is 2. The number of amides is 2. The molecular weight excluding hydrogens is 242 g/mol. The van der Waals surface area contributed by atoms with E-state index in [4.69, 9.17) is 0 Å². The maximum Gasteiger partial charge on any atom is 0.239 e. The molecule has 1 saturated heterocycles. The van der Waals surface area contributed by atoms with Gasteiger partial charge >= 0.3 is 0 Å². The molecule has 0 aliphatic carbocycles. The number of likely N-dealkylation sites (N-methyl/N-ethyl adjacent to an activating group) is 1. The summed E-state index contributed by atoms with van der Waals surface area (Å²) in [5, 5.41) is 6.13. The SMILES string of the molecule is CCN(CC(=O)NC(C)C)C(=O)CC1CCCNC1. The number of nitrogens with zero attached hydrogens (tertiary/aromatic N) is 1. The Morgan fingerprint density at radius 2 is 2.16 bits per heavy atom. The normalized spacial score (nSPS) is 19.3. The summed E-state index contributed by atoms with van der Waals surface area (Å²) in [6, 6.07) is 0.115. The fourth-order valence-corrected chi connectivity index (χ4v) is 2.39. The zero-order chi connectivity index (χ0) is 14.3. The van der Waals surface area contributed by atoms with Gasteiger partial charge in [0, 0.05) is 19.0 Å². The zero-order valence-electron chi connectivity index (χ0n) is 12.4. The summed E-state index contributed by atoms with van der Waals surface area (Å²) < 4.78 is 0. The molecule has 0 saturated carbocycles. The van der Waals surface area contributed by atoms with Crippen LogP contribution in [0.2, 0.25) is 0 Å². The third kappa shape index (κ3) is 6.05. The molecule has 0 spiro atoms. The van der Waals surface area contributed by atoms with E-state index in [-0.39, 0.29) is 24.4 Å². The predicted octanol–water partition coefficient (Wildman–Crippen LogP) is 0.749. The first kappa shape index (κ1) is 16.0. The van der Waals surface area contributed by atoms with Gasteiger partial charge in [0.2, 0.25) is 11.8 Å². The lowest BCUT2D eigenvalue weighted by Gasteiger charge is -2.26. The van der Waals surface area contributed by atoms with Crippen molar-refractivity contribution in [1.82, 2.24) is 15.5 Å². The van der Waals surface area contributed by atoms with Crippen LogP contribution in [0, 0.1) is 5.92 Å². The number of hydrogen-bond donors (Lipinski definition) is 2. The molecular formula is C14H27N3O2. The van der Waals surface area contributed by atoms with Crippen LogP contribution in [0.1, 0.15) is 40.0 Å². The highest BCUT2D eigenvalue weighted by atomic mass is 16.2. The topological polar surface area (TPSA) is 61.4 Å². The minimum Gasteiger partial charge on any atom is -0.352 e. The molecule has 0 aromatic heterocycles. The molecule has 0 aromatic rings. The summed E-state index contributed by atoms with van der Waals surface area (Å²) >= 11 is 0. The standard InChI is InChI=1S/C14H27N3O2/c1-4-17(10-13(18)16-11(2)3)14(19)8-12-6-5-7-15-9-12/h11-12,15H,4-10H2,1-3H3,(H,16,18). The molecule has 0 bridgehead atoms. The Bertz CT molecular complexity index is 299. The lowest BCUT2D eigenvalue weighted by molar-refractivity contribution is -0.136. The summed E-state index contributed by atoms with van der Waals surface area (Å²) in [5.41, 5.74) is 0. The van der Waals surface area contributed by atoms with Gasteiger partial charge in [0.25, 0.3) is 0 Å². The first-order valence-corrected chi connectivity index (χ1v) is 7.30. The summed E-state index contributed by atoms with van der Waals surface area (Å²) in [4.78, 5) is 25.5. The molecule has 19 heavy (non-hydrogen) atoms. The van der Waals surface area contributed by atoms with Crippen LogP contribution in [0.4, 0.5) is 0 Å². The largest absolute Gasteiger partial charge is 0.352 e. The first-order chi connectivity index (χ1) is 9.02. The van der Waals surface area contributed by atoms with Gasteiger partial charge in [0.1, 0.15) is 0 Å². The predicted molar refractivity (Wildman–Crippen MR) is 75.7 cm³/mol. The highest BCUT2D eigenvalue weighted by Crippen LogP contribution is 2.15. The number of carbonyl (C=O) groups is 2. The van der Waals surface area contributed by atoms with E-state index < -0.39 is 0 Å². The molecule has 2 amide bonds. The van der Waals surface area contributed by atoms with Crippen molar-refractivity contribution < 1.29 is 9.59 Å². The molecule has 1 atom stereocenters. The molecule has 0 aromatic carbocycles. The van der Waals surface area contributed by atoms with Gasteiger partial charge in [-0.25, -0.2) is 0 Å². The van der Waals surface area contributed by atoms with E-state index in [1.165, 1.54) is 0 Å². The number of piperidine rings is 1. The minimum absolute atomic E-state index is 0.0769. The molecule has 1 heterocycles. The third-order valence-corrected chi connectivity index (χ3v) is 3.38. The maximum atomic E-state index is 12.2. The van der Waals surface area contributed by atoms with E-state index in [1.807, 2.05) is 20.8 Å². The minimum atomic E-state index is -0.0769. The number of carbonyl (C=O) groups excluding carboxylic acids is 2. The average Bonchev–Trinajstić information content (AvgIpc) is 2.36. The molecule has 1 aliphatic heterocycles. The van der Waals surface area contributed by atoms with Crippen molar-refractivity contribution in [2.75, 3.05) is 26.2 Å². The molecule has 1 aliphatic rings. The molecule has 5 heteroatoms. The Labute approximate surface area is 116 Å². The van der Waals surface area contributed by atoms with E-state index >= 15 is 0 Å². The lowest BCUT2D eigenvalue weighted by Crippen LogP contribution is -2.43. The van der Waals surface area contributed by atoms with Crippen LogP contribution in [0.25, 0.3) is 0 Å². The summed E-state index contributed by atoms with van der Waals surface area (Å²) in [6.45, 7) is 8.49. The van der Waals surface area contributed by atoms with Crippen LogP contribution in [-0.2, 0) is 9.59 Å². The van der Waals surface area contributed by atoms with E-state index in [9.17, 15) is 9.59 Å².